The second-order valence-electron chi connectivity index (χ2n) is 8.39. The molecular formula is C28H33N5O5. The zero-order valence-corrected chi connectivity index (χ0v) is 21.1. The highest BCUT2D eigenvalue weighted by atomic mass is 16.4. The Hall–Kier alpha value is -4.70. The van der Waals surface area contributed by atoms with Gasteiger partial charge in [0, 0.05) is 6.42 Å². The fourth-order valence-electron chi connectivity index (χ4n) is 3.22. The molecule has 3 rings (SSSR count). The molecule has 0 aliphatic carbocycles. The van der Waals surface area contributed by atoms with Crippen molar-refractivity contribution in [3.63, 3.8) is 0 Å². The summed E-state index contributed by atoms with van der Waals surface area (Å²) in [6, 6.07) is 25.6. The van der Waals surface area contributed by atoms with Crippen LogP contribution in [0, 0.1) is 6.92 Å². The van der Waals surface area contributed by atoms with Crippen molar-refractivity contribution in [3.8, 4) is 0 Å². The number of hydrogen-bond donors (Lipinski definition) is 6. The molecule has 0 saturated heterocycles. The van der Waals surface area contributed by atoms with Crippen molar-refractivity contribution < 1.29 is 24.3 Å². The van der Waals surface area contributed by atoms with E-state index in [-0.39, 0.29) is 12.8 Å². The maximum absolute atomic E-state index is 12.6. The lowest BCUT2D eigenvalue weighted by atomic mass is 10.1. The van der Waals surface area contributed by atoms with Crippen molar-refractivity contribution in [2.75, 3.05) is 6.54 Å². The molecule has 0 bridgehead atoms. The Balaban J connectivity index is 0.000000624. The molecule has 0 aromatic heterocycles. The third-order valence-electron chi connectivity index (χ3n) is 5.19. The fourth-order valence-corrected chi connectivity index (χ4v) is 3.22. The molecule has 2 unspecified atom stereocenters. The highest BCUT2D eigenvalue weighted by Crippen LogP contribution is 2.04. The summed E-state index contributed by atoms with van der Waals surface area (Å²) in [5.41, 5.74) is 13.4. The van der Waals surface area contributed by atoms with E-state index in [2.05, 4.69) is 40.5 Å². The number of carbonyl (C=O) groups is 4. The minimum atomic E-state index is -1.22. The van der Waals surface area contributed by atoms with Crippen molar-refractivity contribution in [2.45, 2.75) is 31.8 Å². The number of amides is 4. The van der Waals surface area contributed by atoms with Crippen LogP contribution < -0.4 is 27.2 Å². The van der Waals surface area contributed by atoms with E-state index in [9.17, 15) is 19.2 Å². The van der Waals surface area contributed by atoms with Crippen molar-refractivity contribution in [3.05, 3.63) is 108 Å². The summed E-state index contributed by atoms with van der Waals surface area (Å²) in [5, 5.41) is 13.2. The second-order valence-corrected chi connectivity index (χ2v) is 8.39. The topological polar surface area (TPSA) is 163 Å². The molecule has 3 aromatic carbocycles. The van der Waals surface area contributed by atoms with E-state index in [4.69, 9.17) is 10.8 Å². The predicted molar refractivity (Wildman–Crippen MR) is 144 cm³/mol. The van der Waals surface area contributed by atoms with Gasteiger partial charge in [-0.05, 0) is 24.5 Å². The van der Waals surface area contributed by atoms with Gasteiger partial charge in [-0.3, -0.25) is 25.2 Å². The van der Waals surface area contributed by atoms with Crippen LogP contribution in [0.5, 0.6) is 0 Å². The SMILES string of the molecule is Cc1ccccc1.NC(Cc1ccccc1)C(=O)NNC(=O)C(Cc1ccccc1)NC(=O)NCC(=O)O. The van der Waals surface area contributed by atoms with Gasteiger partial charge >= 0.3 is 12.0 Å². The van der Waals surface area contributed by atoms with Gasteiger partial charge in [0.25, 0.3) is 11.8 Å². The highest BCUT2D eigenvalue weighted by Gasteiger charge is 2.23. The van der Waals surface area contributed by atoms with Gasteiger partial charge in [-0.2, -0.15) is 0 Å². The highest BCUT2D eigenvalue weighted by molar-refractivity contribution is 5.90. The number of hydrogen-bond acceptors (Lipinski definition) is 5. The number of carboxylic acid groups (broad SMARTS) is 1. The minimum absolute atomic E-state index is 0.124. The number of hydrazine groups is 1. The van der Waals surface area contributed by atoms with Gasteiger partial charge in [0.05, 0.1) is 6.04 Å². The van der Waals surface area contributed by atoms with E-state index >= 15 is 0 Å². The summed E-state index contributed by atoms with van der Waals surface area (Å²) in [7, 11) is 0. The van der Waals surface area contributed by atoms with Crippen LogP contribution in [-0.4, -0.2) is 47.5 Å². The average Bonchev–Trinajstić information content (AvgIpc) is 2.92. The summed E-state index contributed by atoms with van der Waals surface area (Å²) < 4.78 is 0. The zero-order chi connectivity index (χ0) is 27.8. The Labute approximate surface area is 221 Å². The van der Waals surface area contributed by atoms with Gasteiger partial charge in [0.15, 0.2) is 0 Å². The molecule has 0 saturated carbocycles. The van der Waals surface area contributed by atoms with Gasteiger partial charge in [-0.15, -0.1) is 0 Å². The molecule has 0 fully saturated rings. The van der Waals surface area contributed by atoms with Gasteiger partial charge in [0.2, 0.25) is 0 Å². The molecule has 0 aliphatic rings. The second kappa shape index (κ2) is 16.1. The lowest BCUT2D eigenvalue weighted by Crippen LogP contribution is -2.57. The summed E-state index contributed by atoms with van der Waals surface area (Å²) in [6.07, 6.45) is 0.408. The number of carbonyl (C=O) groups excluding carboxylic acids is 3. The van der Waals surface area contributed by atoms with Gasteiger partial charge in [-0.1, -0.05) is 96.6 Å². The Morgan fingerprint density at radius 2 is 1.21 bits per heavy atom. The maximum atomic E-state index is 12.6. The van der Waals surface area contributed by atoms with Gasteiger partial charge in [-0.25, -0.2) is 4.79 Å². The zero-order valence-electron chi connectivity index (χ0n) is 21.1. The lowest BCUT2D eigenvalue weighted by Gasteiger charge is -2.20. The third-order valence-corrected chi connectivity index (χ3v) is 5.19. The van der Waals surface area contributed by atoms with Crippen LogP contribution in [0.1, 0.15) is 16.7 Å². The number of aryl methyl sites for hydroxylation is 1. The Morgan fingerprint density at radius 3 is 1.68 bits per heavy atom. The Morgan fingerprint density at radius 1 is 0.737 bits per heavy atom. The van der Waals surface area contributed by atoms with Crippen LogP contribution in [0.2, 0.25) is 0 Å². The normalized spacial score (nSPS) is 11.5. The molecule has 3 aromatic rings. The maximum Gasteiger partial charge on any atom is 0.323 e. The third kappa shape index (κ3) is 11.8. The minimum Gasteiger partial charge on any atom is -0.480 e. The first-order valence-corrected chi connectivity index (χ1v) is 12.0. The molecule has 7 N–H and O–H groups in total. The van der Waals surface area contributed by atoms with Crippen molar-refractivity contribution in [1.29, 1.82) is 0 Å². The summed E-state index contributed by atoms with van der Waals surface area (Å²) in [5.74, 6) is -2.50. The monoisotopic (exact) mass is 519 g/mol. The van der Waals surface area contributed by atoms with Crippen LogP contribution in [0.25, 0.3) is 0 Å². The first-order chi connectivity index (χ1) is 18.2. The predicted octanol–water partition coefficient (Wildman–Crippen LogP) is 1.69. The molecule has 0 aliphatic heterocycles. The molecule has 0 heterocycles. The van der Waals surface area contributed by atoms with Crippen molar-refractivity contribution in [1.82, 2.24) is 21.5 Å². The van der Waals surface area contributed by atoms with Crippen molar-refractivity contribution in [2.24, 2.45) is 5.73 Å². The molecule has 0 spiro atoms. The van der Waals surface area contributed by atoms with E-state index < -0.39 is 42.4 Å². The standard InChI is InChI=1S/C21H25N5O5.C7H8/c22-16(11-14-7-3-1-4-8-14)19(29)25-26-20(30)17(12-15-9-5-2-6-10-15)24-21(31)23-13-18(27)28;1-7-5-3-2-4-6-7/h1-10,16-17H,11-13,22H2,(H,25,29)(H,26,30)(H,27,28)(H2,23,24,31);2-6H,1H3. The number of carboxylic acids is 1. The summed E-state index contributed by atoms with van der Waals surface area (Å²) >= 11 is 0. The molecule has 38 heavy (non-hydrogen) atoms. The van der Waals surface area contributed by atoms with E-state index in [0.29, 0.717) is 0 Å². The molecule has 2 atom stereocenters. The first-order valence-electron chi connectivity index (χ1n) is 12.0. The molecule has 10 nitrogen and oxygen atoms in total. The molecule has 10 heteroatoms. The number of aliphatic carboxylic acids is 1. The summed E-state index contributed by atoms with van der Waals surface area (Å²) in [6.45, 7) is 1.48. The van der Waals surface area contributed by atoms with E-state index in [0.717, 1.165) is 11.1 Å². The Bertz CT molecular complexity index is 1160. The van der Waals surface area contributed by atoms with Crippen LogP contribution in [0.15, 0.2) is 91.0 Å². The van der Waals surface area contributed by atoms with Crippen molar-refractivity contribution >= 4 is 23.8 Å². The molecule has 0 radical (unpaired) electrons. The number of nitrogens with two attached hydrogens (primary N) is 1. The van der Waals surface area contributed by atoms with Crippen LogP contribution in [0.3, 0.4) is 0 Å². The van der Waals surface area contributed by atoms with E-state index in [1.165, 1.54) is 5.56 Å². The number of nitrogens with one attached hydrogen (secondary N) is 4. The molecular weight excluding hydrogens is 486 g/mol. The fraction of sp³-hybridized carbons (Fsp3) is 0.214. The molecule has 4 amide bonds. The average molecular weight is 520 g/mol. The Kier molecular flexibility index (Phi) is 12.5. The van der Waals surface area contributed by atoms with Crippen LogP contribution in [-0.2, 0) is 27.2 Å². The number of urea groups is 1. The lowest BCUT2D eigenvalue weighted by molar-refractivity contribution is -0.135. The smallest absolute Gasteiger partial charge is 0.323 e. The van der Waals surface area contributed by atoms with Gasteiger partial charge < -0.3 is 21.5 Å². The van der Waals surface area contributed by atoms with E-state index in [1.54, 1.807) is 30.3 Å². The van der Waals surface area contributed by atoms with Crippen LogP contribution >= 0.6 is 0 Å². The van der Waals surface area contributed by atoms with Gasteiger partial charge in [0.1, 0.15) is 12.6 Å². The van der Waals surface area contributed by atoms with E-state index in [1.807, 2.05) is 48.5 Å². The largest absolute Gasteiger partial charge is 0.480 e. The quantitative estimate of drug-likeness (QED) is 0.236. The summed E-state index contributed by atoms with van der Waals surface area (Å²) in [4.78, 5) is 47.3. The molecule has 200 valence electrons. The first kappa shape index (κ1) is 29.5. The van der Waals surface area contributed by atoms with Crippen LogP contribution in [0.4, 0.5) is 4.79 Å². The number of benzene rings is 3. The number of rotatable bonds is 9.